The highest BCUT2D eigenvalue weighted by Crippen LogP contribution is 2.57. The highest BCUT2D eigenvalue weighted by Gasteiger charge is 2.50. The molecule has 0 aromatic heterocycles. The maximum Gasteiger partial charge on any atom is 0.334 e. The minimum absolute atomic E-state index is 0.00226. The molecule has 0 radical (unpaired) electrons. The van der Waals surface area contributed by atoms with Crippen LogP contribution in [-0.4, -0.2) is 26.9 Å². The molecule has 3 rings (SSSR count). The molecule has 1 aliphatic heterocycles. The number of hydrogen-bond donors (Lipinski definition) is 3. The highest BCUT2D eigenvalue weighted by molar-refractivity contribution is 6.33. The van der Waals surface area contributed by atoms with Crippen LogP contribution in [0.5, 0.6) is 11.5 Å². The van der Waals surface area contributed by atoms with Gasteiger partial charge < -0.3 is 20.1 Å². The number of carboxylic acids is 1. The standard InChI is InChI=1S/C21H27ClO5/c1-4-5-6-7-11-10-14(23)16-15-13(9-8-12(18(15)24)20(25)26)21(2,3)27-19(16)17(11)22/h10,13,15,23-24H,4-9H2,1-3H3,(H,25,26). The Kier molecular flexibility index (Phi) is 5.35. The lowest BCUT2D eigenvalue weighted by molar-refractivity contribution is -0.133. The van der Waals surface area contributed by atoms with E-state index in [9.17, 15) is 20.1 Å². The van der Waals surface area contributed by atoms with Crippen LogP contribution in [0, 0.1) is 5.92 Å². The number of aliphatic carboxylic acids is 1. The molecular formula is C21H27ClO5. The smallest absolute Gasteiger partial charge is 0.334 e. The molecule has 2 aliphatic rings. The normalized spacial score (nSPS) is 23.4. The van der Waals surface area contributed by atoms with E-state index in [1.165, 1.54) is 0 Å². The number of halogens is 1. The van der Waals surface area contributed by atoms with Crippen molar-refractivity contribution in [2.24, 2.45) is 5.92 Å². The lowest BCUT2D eigenvalue weighted by Crippen LogP contribution is -2.47. The molecule has 5 nitrogen and oxygen atoms in total. The van der Waals surface area contributed by atoms with Crippen molar-refractivity contribution in [1.82, 2.24) is 0 Å². The summed E-state index contributed by atoms with van der Waals surface area (Å²) in [6.45, 7) is 5.96. The number of fused-ring (bicyclic) bond motifs is 3. The van der Waals surface area contributed by atoms with Gasteiger partial charge in [-0.25, -0.2) is 4.79 Å². The first kappa shape index (κ1) is 19.9. The fourth-order valence-corrected chi connectivity index (χ4v) is 4.74. The third-order valence-electron chi connectivity index (χ3n) is 5.90. The zero-order valence-electron chi connectivity index (χ0n) is 16.0. The fraction of sp³-hybridized carbons (Fsp3) is 0.571. The molecule has 0 fully saturated rings. The first-order chi connectivity index (χ1) is 12.7. The molecule has 2 atom stereocenters. The largest absolute Gasteiger partial charge is 0.511 e. The van der Waals surface area contributed by atoms with E-state index in [-0.39, 0.29) is 29.4 Å². The molecule has 1 heterocycles. The number of unbranched alkanes of at least 4 members (excludes halogenated alkanes) is 2. The molecule has 0 spiro atoms. The summed E-state index contributed by atoms with van der Waals surface area (Å²) in [4.78, 5) is 11.5. The molecule has 148 valence electrons. The minimum Gasteiger partial charge on any atom is -0.511 e. The number of allylic oxidation sites excluding steroid dienone is 1. The average Bonchev–Trinajstić information content (AvgIpc) is 2.59. The van der Waals surface area contributed by atoms with Crippen molar-refractivity contribution >= 4 is 17.6 Å². The predicted molar refractivity (Wildman–Crippen MR) is 104 cm³/mol. The van der Waals surface area contributed by atoms with E-state index < -0.39 is 17.5 Å². The van der Waals surface area contributed by atoms with E-state index in [1.54, 1.807) is 6.07 Å². The van der Waals surface area contributed by atoms with Crippen LogP contribution in [0.15, 0.2) is 17.4 Å². The van der Waals surface area contributed by atoms with Gasteiger partial charge in [0, 0.05) is 11.5 Å². The molecule has 3 N–H and O–H groups in total. The van der Waals surface area contributed by atoms with Crippen molar-refractivity contribution in [2.45, 2.75) is 70.8 Å². The number of aliphatic hydroxyl groups excluding tert-OH is 1. The van der Waals surface area contributed by atoms with E-state index in [2.05, 4.69) is 6.92 Å². The number of phenols is 1. The van der Waals surface area contributed by atoms with Gasteiger partial charge >= 0.3 is 5.97 Å². The summed E-state index contributed by atoms with van der Waals surface area (Å²) in [7, 11) is 0. The van der Waals surface area contributed by atoms with Gasteiger partial charge in [0.15, 0.2) is 0 Å². The van der Waals surface area contributed by atoms with Gasteiger partial charge in [0.25, 0.3) is 0 Å². The monoisotopic (exact) mass is 394 g/mol. The zero-order valence-corrected chi connectivity index (χ0v) is 16.8. The number of ether oxygens (including phenoxy) is 1. The first-order valence-corrected chi connectivity index (χ1v) is 9.95. The van der Waals surface area contributed by atoms with E-state index in [1.807, 2.05) is 13.8 Å². The van der Waals surface area contributed by atoms with Gasteiger partial charge in [-0.2, -0.15) is 0 Å². The van der Waals surface area contributed by atoms with Gasteiger partial charge in [-0.15, -0.1) is 0 Å². The van der Waals surface area contributed by atoms with E-state index in [4.69, 9.17) is 16.3 Å². The Morgan fingerprint density at radius 3 is 2.67 bits per heavy atom. The molecule has 0 saturated carbocycles. The molecule has 1 aromatic rings. The Morgan fingerprint density at radius 2 is 2.04 bits per heavy atom. The van der Waals surface area contributed by atoms with Crippen LogP contribution in [0.4, 0.5) is 0 Å². The molecule has 0 bridgehead atoms. The molecule has 0 saturated heterocycles. The van der Waals surface area contributed by atoms with E-state index in [0.717, 1.165) is 31.2 Å². The number of phenolic OH excluding ortho intramolecular Hbond substituents is 1. The lowest BCUT2D eigenvalue weighted by atomic mass is 9.66. The summed E-state index contributed by atoms with van der Waals surface area (Å²) < 4.78 is 6.22. The number of rotatable bonds is 5. The third-order valence-corrected chi connectivity index (χ3v) is 6.32. The second-order valence-corrected chi connectivity index (χ2v) is 8.44. The van der Waals surface area contributed by atoms with E-state index in [0.29, 0.717) is 22.8 Å². The summed E-state index contributed by atoms with van der Waals surface area (Å²) in [6.07, 6.45) is 4.66. The molecule has 27 heavy (non-hydrogen) atoms. The Balaban J connectivity index is 2.15. The van der Waals surface area contributed by atoms with Crippen LogP contribution in [0.2, 0.25) is 5.02 Å². The molecule has 1 aromatic carbocycles. The number of aliphatic hydroxyl groups is 1. The Morgan fingerprint density at radius 1 is 1.33 bits per heavy atom. The molecule has 1 aliphatic carbocycles. The molecule has 2 unspecified atom stereocenters. The van der Waals surface area contributed by atoms with Gasteiger partial charge in [0.05, 0.1) is 16.5 Å². The van der Waals surface area contributed by atoms with Crippen molar-refractivity contribution in [2.75, 3.05) is 0 Å². The Hall–Kier alpha value is -1.88. The van der Waals surface area contributed by atoms with Crippen LogP contribution < -0.4 is 4.74 Å². The summed E-state index contributed by atoms with van der Waals surface area (Å²) in [5.74, 6) is -1.73. The second-order valence-electron chi connectivity index (χ2n) is 8.07. The van der Waals surface area contributed by atoms with Gasteiger partial charge in [-0.1, -0.05) is 31.4 Å². The maximum atomic E-state index is 11.5. The van der Waals surface area contributed by atoms with Gasteiger partial charge in [0.1, 0.15) is 22.9 Å². The Bertz CT molecular complexity index is 796. The number of hydrogen-bond acceptors (Lipinski definition) is 4. The number of carbonyl (C=O) groups is 1. The van der Waals surface area contributed by atoms with Gasteiger partial charge in [-0.3, -0.25) is 0 Å². The number of aryl methyl sites for hydroxylation is 1. The van der Waals surface area contributed by atoms with Gasteiger partial charge in [-0.05, 0) is 51.2 Å². The summed E-state index contributed by atoms with van der Waals surface area (Å²) >= 11 is 6.63. The number of benzene rings is 1. The zero-order chi connectivity index (χ0) is 19.9. The Labute approximate surface area is 164 Å². The van der Waals surface area contributed by atoms with Gasteiger partial charge in [0.2, 0.25) is 0 Å². The quantitative estimate of drug-likeness (QED) is 0.587. The average molecular weight is 395 g/mol. The third kappa shape index (κ3) is 3.38. The predicted octanol–water partition coefficient (Wildman–Crippen LogP) is 5.34. The summed E-state index contributed by atoms with van der Waals surface area (Å²) in [5, 5.41) is 31.4. The van der Waals surface area contributed by atoms with Crippen LogP contribution in [0.25, 0.3) is 0 Å². The topological polar surface area (TPSA) is 87.0 Å². The van der Waals surface area contributed by atoms with Crippen molar-refractivity contribution in [3.05, 3.63) is 33.5 Å². The molecule has 6 heteroatoms. The van der Waals surface area contributed by atoms with Crippen LogP contribution in [-0.2, 0) is 11.2 Å². The number of carboxylic acid groups (broad SMARTS) is 1. The highest BCUT2D eigenvalue weighted by atomic mass is 35.5. The van der Waals surface area contributed by atoms with Crippen LogP contribution in [0.3, 0.4) is 0 Å². The molecule has 0 amide bonds. The summed E-state index contributed by atoms with van der Waals surface area (Å²) in [6, 6.07) is 1.64. The SMILES string of the molecule is CCCCCc1cc(O)c2c(c1Cl)OC(C)(C)C1CCC(C(=O)O)=C(O)C21. The lowest BCUT2D eigenvalue weighted by Gasteiger charge is -2.47. The minimum atomic E-state index is -1.13. The maximum absolute atomic E-state index is 11.5. The van der Waals surface area contributed by atoms with Crippen molar-refractivity contribution in [3.8, 4) is 11.5 Å². The first-order valence-electron chi connectivity index (χ1n) is 9.57. The fourth-order valence-electron chi connectivity index (χ4n) is 4.45. The van der Waals surface area contributed by atoms with Crippen molar-refractivity contribution < 1.29 is 24.9 Å². The van der Waals surface area contributed by atoms with Crippen LogP contribution >= 0.6 is 11.6 Å². The van der Waals surface area contributed by atoms with E-state index >= 15 is 0 Å². The second kappa shape index (κ2) is 7.27. The summed E-state index contributed by atoms with van der Waals surface area (Å²) in [5.41, 5.74) is 0.573. The molecular weight excluding hydrogens is 368 g/mol. The van der Waals surface area contributed by atoms with Crippen molar-refractivity contribution in [1.29, 1.82) is 0 Å². The van der Waals surface area contributed by atoms with Crippen LogP contribution in [0.1, 0.15) is 69.9 Å². The number of aromatic hydroxyl groups is 1. The van der Waals surface area contributed by atoms with Crippen molar-refractivity contribution in [3.63, 3.8) is 0 Å².